The Morgan fingerprint density at radius 1 is 0.907 bits per heavy atom. The highest BCUT2D eigenvalue weighted by molar-refractivity contribution is 6.00. The van der Waals surface area contributed by atoms with Gasteiger partial charge in [0.2, 0.25) is 0 Å². The summed E-state index contributed by atoms with van der Waals surface area (Å²) in [7, 11) is 1.83. The van der Waals surface area contributed by atoms with E-state index in [9.17, 15) is 9.59 Å². The van der Waals surface area contributed by atoms with E-state index in [0.717, 1.165) is 54.7 Å². The Balaban J connectivity index is 1.04. The van der Waals surface area contributed by atoms with Crippen molar-refractivity contribution in [3.63, 3.8) is 0 Å². The van der Waals surface area contributed by atoms with E-state index >= 15 is 0 Å². The maximum atomic E-state index is 13.3. The van der Waals surface area contributed by atoms with E-state index in [4.69, 9.17) is 11.5 Å². The lowest BCUT2D eigenvalue weighted by molar-refractivity contribution is 0.0783. The third-order valence-electron chi connectivity index (χ3n) is 8.47. The molecular formula is C33H38N8O2. The Hall–Kier alpha value is -4.54. The minimum absolute atomic E-state index is 0.0420. The fourth-order valence-corrected chi connectivity index (χ4v) is 5.87. The SMILES string of the molecule is Cn1cc(-c2cnc(N)c(C(=O)N[C@@H]3CCN(C(=O)c4ccc(-c5ccc(CN6CCC(N)CC6)cc5)cc4)C3)c2)cn1. The summed E-state index contributed by atoms with van der Waals surface area (Å²) >= 11 is 0. The highest BCUT2D eigenvalue weighted by atomic mass is 16.2. The number of carbonyl (C=O) groups is 2. The molecule has 2 aliphatic rings. The summed E-state index contributed by atoms with van der Waals surface area (Å²) in [5, 5.41) is 7.22. The zero-order valence-electron chi connectivity index (χ0n) is 24.4. The number of aromatic nitrogens is 3. The summed E-state index contributed by atoms with van der Waals surface area (Å²) in [4.78, 5) is 34.8. The summed E-state index contributed by atoms with van der Waals surface area (Å²) in [6.07, 6.45) is 7.99. The van der Waals surface area contributed by atoms with Gasteiger partial charge in [-0.2, -0.15) is 5.10 Å². The minimum Gasteiger partial charge on any atom is -0.383 e. The van der Waals surface area contributed by atoms with Crippen LogP contribution < -0.4 is 16.8 Å². The van der Waals surface area contributed by atoms with Gasteiger partial charge in [-0.25, -0.2) is 4.98 Å². The highest BCUT2D eigenvalue weighted by Gasteiger charge is 2.29. The molecule has 5 N–H and O–H groups in total. The van der Waals surface area contributed by atoms with E-state index < -0.39 is 0 Å². The van der Waals surface area contributed by atoms with Crippen LogP contribution in [0.5, 0.6) is 0 Å². The molecular weight excluding hydrogens is 540 g/mol. The van der Waals surface area contributed by atoms with Gasteiger partial charge in [0.15, 0.2) is 0 Å². The van der Waals surface area contributed by atoms with E-state index in [2.05, 4.69) is 44.6 Å². The second-order valence-electron chi connectivity index (χ2n) is 11.7. The number of amides is 2. The number of rotatable bonds is 7. The predicted octanol–water partition coefficient (Wildman–Crippen LogP) is 3.30. The van der Waals surface area contributed by atoms with E-state index in [1.165, 1.54) is 5.56 Å². The monoisotopic (exact) mass is 578 g/mol. The molecule has 2 amide bonds. The number of hydrogen-bond donors (Lipinski definition) is 3. The van der Waals surface area contributed by atoms with Crippen molar-refractivity contribution in [3.8, 4) is 22.3 Å². The number of piperidine rings is 1. The lowest BCUT2D eigenvalue weighted by Crippen LogP contribution is -2.39. The van der Waals surface area contributed by atoms with Gasteiger partial charge in [-0.3, -0.25) is 19.2 Å². The molecule has 0 unspecified atom stereocenters. The number of nitrogen functional groups attached to an aromatic ring is 1. The van der Waals surface area contributed by atoms with Crippen molar-refractivity contribution in [1.82, 2.24) is 29.9 Å². The van der Waals surface area contributed by atoms with E-state index in [1.807, 2.05) is 37.5 Å². The first-order valence-electron chi connectivity index (χ1n) is 14.8. The molecule has 2 aliphatic heterocycles. The fourth-order valence-electron chi connectivity index (χ4n) is 5.87. The molecule has 6 rings (SSSR count). The molecule has 2 aromatic heterocycles. The van der Waals surface area contributed by atoms with Crippen LogP contribution in [0.2, 0.25) is 0 Å². The molecule has 0 bridgehead atoms. The number of benzene rings is 2. The standard InChI is InChI=1S/C33H38N8O2/c1-39-20-27(18-37-39)26-16-30(31(35)36-17-26)32(42)38-29-12-15-41(21-29)33(43)25-8-6-24(7-9-25)23-4-2-22(3-5-23)19-40-13-10-28(34)11-14-40/h2-9,16-18,20,28-29H,10-15,19,21,34H2,1H3,(H2,35,36)(H,38,42)/t29-/m1/s1. The smallest absolute Gasteiger partial charge is 0.255 e. The third-order valence-corrected chi connectivity index (χ3v) is 8.47. The van der Waals surface area contributed by atoms with Crippen LogP contribution in [-0.2, 0) is 13.6 Å². The first-order valence-corrected chi connectivity index (χ1v) is 14.8. The average molecular weight is 579 g/mol. The Morgan fingerprint density at radius 2 is 1.60 bits per heavy atom. The summed E-state index contributed by atoms with van der Waals surface area (Å²) in [5.41, 5.74) is 18.1. The molecule has 222 valence electrons. The van der Waals surface area contributed by atoms with Crippen LogP contribution in [0, 0.1) is 0 Å². The first-order chi connectivity index (χ1) is 20.8. The highest BCUT2D eigenvalue weighted by Crippen LogP contribution is 2.24. The largest absolute Gasteiger partial charge is 0.383 e. The molecule has 1 atom stereocenters. The summed E-state index contributed by atoms with van der Waals surface area (Å²) in [5.74, 6) is -0.178. The average Bonchev–Trinajstić information content (AvgIpc) is 3.68. The first kappa shape index (κ1) is 28.6. The lowest BCUT2D eigenvalue weighted by atomic mass is 10.0. The van der Waals surface area contributed by atoms with Gasteiger partial charge in [0.1, 0.15) is 5.82 Å². The molecule has 43 heavy (non-hydrogen) atoms. The van der Waals surface area contributed by atoms with Crippen LogP contribution in [0.25, 0.3) is 22.3 Å². The van der Waals surface area contributed by atoms with Crippen LogP contribution in [0.15, 0.2) is 73.2 Å². The molecule has 2 aromatic carbocycles. The number of nitrogens with one attached hydrogen (secondary N) is 1. The number of nitrogens with two attached hydrogens (primary N) is 2. The van der Waals surface area contributed by atoms with Crippen molar-refractivity contribution in [1.29, 1.82) is 0 Å². The zero-order chi connectivity index (χ0) is 29.9. The van der Waals surface area contributed by atoms with Crippen molar-refractivity contribution in [2.75, 3.05) is 31.9 Å². The fraction of sp³-hybridized carbons (Fsp3) is 0.333. The van der Waals surface area contributed by atoms with Crippen LogP contribution in [0.1, 0.15) is 45.5 Å². The predicted molar refractivity (Wildman–Crippen MR) is 167 cm³/mol. The Morgan fingerprint density at radius 3 is 2.28 bits per heavy atom. The number of nitrogens with zero attached hydrogens (tertiary/aromatic N) is 5. The van der Waals surface area contributed by atoms with Gasteiger partial charge in [0, 0.05) is 67.8 Å². The normalized spacial score (nSPS) is 17.7. The van der Waals surface area contributed by atoms with Crippen molar-refractivity contribution in [2.45, 2.75) is 37.9 Å². The van der Waals surface area contributed by atoms with Crippen LogP contribution in [0.4, 0.5) is 5.82 Å². The van der Waals surface area contributed by atoms with Gasteiger partial charge in [0.05, 0.1) is 11.8 Å². The molecule has 10 nitrogen and oxygen atoms in total. The zero-order valence-corrected chi connectivity index (χ0v) is 24.4. The topological polar surface area (TPSA) is 135 Å². The molecule has 4 aromatic rings. The van der Waals surface area contributed by atoms with Crippen molar-refractivity contribution in [3.05, 3.63) is 89.9 Å². The van der Waals surface area contributed by atoms with Crippen LogP contribution in [0.3, 0.4) is 0 Å². The maximum Gasteiger partial charge on any atom is 0.255 e. The van der Waals surface area contributed by atoms with Gasteiger partial charge in [-0.15, -0.1) is 0 Å². The summed E-state index contributed by atoms with van der Waals surface area (Å²) in [6, 6.07) is 18.3. The van der Waals surface area contributed by atoms with Crippen molar-refractivity contribution < 1.29 is 9.59 Å². The second-order valence-corrected chi connectivity index (χ2v) is 11.7. The number of hydrogen-bond acceptors (Lipinski definition) is 7. The molecule has 0 radical (unpaired) electrons. The minimum atomic E-state index is -0.300. The lowest BCUT2D eigenvalue weighted by Gasteiger charge is -2.30. The number of anilines is 1. The van der Waals surface area contributed by atoms with Crippen LogP contribution >= 0.6 is 0 Å². The van der Waals surface area contributed by atoms with Crippen LogP contribution in [-0.4, -0.2) is 74.6 Å². The number of carbonyl (C=O) groups excluding carboxylic acids is 2. The Bertz CT molecular complexity index is 1590. The number of aryl methyl sites for hydroxylation is 1. The van der Waals surface area contributed by atoms with Gasteiger partial charge in [-0.05, 0) is 67.2 Å². The molecule has 4 heterocycles. The maximum absolute atomic E-state index is 13.3. The van der Waals surface area contributed by atoms with Gasteiger partial charge in [-0.1, -0.05) is 36.4 Å². The van der Waals surface area contributed by atoms with Crippen molar-refractivity contribution >= 4 is 17.6 Å². The third kappa shape index (κ3) is 6.60. The molecule has 2 saturated heterocycles. The molecule has 0 spiro atoms. The van der Waals surface area contributed by atoms with Gasteiger partial charge in [0.25, 0.3) is 11.8 Å². The molecule has 0 saturated carbocycles. The summed E-state index contributed by atoms with van der Waals surface area (Å²) < 4.78 is 1.69. The van der Waals surface area contributed by atoms with E-state index in [0.29, 0.717) is 36.7 Å². The van der Waals surface area contributed by atoms with E-state index in [-0.39, 0.29) is 23.7 Å². The van der Waals surface area contributed by atoms with Gasteiger partial charge < -0.3 is 21.7 Å². The number of likely N-dealkylation sites (tertiary alicyclic amines) is 2. The molecule has 0 aliphatic carbocycles. The Kier molecular flexibility index (Phi) is 8.22. The van der Waals surface area contributed by atoms with E-state index in [1.54, 1.807) is 28.0 Å². The summed E-state index contributed by atoms with van der Waals surface area (Å²) in [6.45, 7) is 4.05. The second kappa shape index (κ2) is 12.4. The van der Waals surface area contributed by atoms with Gasteiger partial charge >= 0.3 is 0 Å². The quantitative estimate of drug-likeness (QED) is 0.306. The van der Waals surface area contributed by atoms with Crippen molar-refractivity contribution in [2.24, 2.45) is 12.8 Å². The Labute approximate surface area is 251 Å². The molecule has 10 heteroatoms. The molecule has 2 fully saturated rings. The number of pyridine rings is 1.